The number of thiophene rings is 1. The summed E-state index contributed by atoms with van der Waals surface area (Å²) in [5, 5.41) is 10.5. The molecule has 0 bridgehead atoms. The summed E-state index contributed by atoms with van der Waals surface area (Å²) in [6, 6.07) is 3.28. The Morgan fingerprint density at radius 1 is 1.43 bits per heavy atom. The second-order valence-corrected chi connectivity index (χ2v) is 5.48. The summed E-state index contributed by atoms with van der Waals surface area (Å²) in [5.41, 5.74) is 0. The number of amides is 2. The molecule has 1 aromatic heterocycles. The van der Waals surface area contributed by atoms with Crippen molar-refractivity contribution in [1.29, 1.82) is 0 Å². The average Bonchev–Trinajstić information content (AvgIpc) is 2.98. The molecular formula is C13H20ClN3O3S. The van der Waals surface area contributed by atoms with Gasteiger partial charge in [0, 0.05) is 19.6 Å². The molecule has 2 atom stereocenters. The minimum Gasteiger partial charge on any atom is -0.375 e. The maximum atomic E-state index is 11.9. The molecule has 0 radical (unpaired) electrons. The summed E-state index contributed by atoms with van der Waals surface area (Å²) in [5.74, 6) is -0.204. The van der Waals surface area contributed by atoms with Gasteiger partial charge in [0.1, 0.15) is 6.04 Å². The van der Waals surface area contributed by atoms with Crippen molar-refractivity contribution in [2.75, 3.05) is 26.2 Å². The van der Waals surface area contributed by atoms with Gasteiger partial charge in [-0.3, -0.25) is 9.59 Å². The molecule has 1 saturated heterocycles. The molecule has 0 aliphatic carbocycles. The summed E-state index contributed by atoms with van der Waals surface area (Å²) in [7, 11) is 0. The number of nitrogens with one attached hydrogen (secondary N) is 3. The van der Waals surface area contributed by atoms with Gasteiger partial charge in [0.25, 0.3) is 5.91 Å². The Hall–Kier alpha value is -1.15. The van der Waals surface area contributed by atoms with E-state index >= 15 is 0 Å². The van der Waals surface area contributed by atoms with Gasteiger partial charge >= 0.3 is 0 Å². The Bertz CT molecular complexity index is 456. The van der Waals surface area contributed by atoms with Crippen LogP contribution < -0.4 is 16.0 Å². The summed E-state index contributed by atoms with van der Waals surface area (Å²) in [6.45, 7) is 3.99. The number of carbonyl (C=O) groups excluding carboxylic acids is 2. The third kappa shape index (κ3) is 5.28. The van der Waals surface area contributed by atoms with Crippen LogP contribution in [0, 0.1) is 0 Å². The van der Waals surface area contributed by atoms with E-state index in [0.717, 1.165) is 0 Å². The van der Waals surface area contributed by atoms with Crippen LogP contribution in [0.1, 0.15) is 16.6 Å². The molecule has 0 aromatic carbocycles. The van der Waals surface area contributed by atoms with E-state index in [1.807, 2.05) is 18.4 Å². The van der Waals surface area contributed by atoms with Crippen molar-refractivity contribution >= 4 is 35.6 Å². The normalized spacial score (nSPS) is 21.2. The molecule has 6 nitrogen and oxygen atoms in total. The molecule has 8 heteroatoms. The lowest BCUT2D eigenvalue weighted by molar-refractivity contribution is -0.128. The van der Waals surface area contributed by atoms with E-state index in [-0.39, 0.29) is 36.4 Å². The number of morpholine rings is 1. The highest BCUT2D eigenvalue weighted by Crippen LogP contribution is 2.07. The van der Waals surface area contributed by atoms with Gasteiger partial charge < -0.3 is 20.7 Å². The van der Waals surface area contributed by atoms with Gasteiger partial charge in [0.15, 0.2) is 0 Å². The Kier molecular flexibility index (Phi) is 7.66. The predicted molar refractivity (Wildman–Crippen MR) is 84.1 cm³/mol. The van der Waals surface area contributed by atoms with Gasteiger partial charge in [0.2, 0.25) is 5.91 Å². The fourth-order valence-electron chi connectivity index (χ4n) is 1.99. The first kappa shape index (κ1) is 17.9. The molecule has 118 valence electrons. The van der Waals surface area contributed by atoms with E-state index in [1.54, 1.807) is 6.07 Å². The number of halogens is 1. The van der Waals surface area contributed by atoms with Crippen LogP contribution in [-0.2, 0) is 9.53 Å². The van der Waals surface area contributed by atoms with Gasteiger partial charge in [-0.05, 0) is 18.4 Å². The number of carbonyl (C=O) groups is 2. The molecule has 0 saturated carbocycles. The maximum Gasteiger partial charge on any atom is 0.261 e. The first-order chi connectivity index (χ1) is 9.68. The highest BCUT2D eigenvalue weighted by atomic mass is 35.5. The molecule has 2 rings (SSSR count). The molecule has 1 aliphatic heterocycles. The molecule has 1 aliphatic rings. The maximum absolute atomic E-state index is 11.9. The first-order valence-electron chi connectivity index (χ1n) is 6.63. The van der Waals surface area contributed by atoms with E-state index in [4.69, 9.17) is 4.74 Å². The van der Waals surface area contributed by atoms with Crippen LogP contribution in [0.4, 0.5) is 0 Å². The molecule has 21 heavy (non-hydrogen) atoms. The Morgan fingerprint density at radius 3 is 2.86 bits per heavy atom. The molecule has 0 spiro atoms. The predicted octanol–water partition coefficient (Wildman–Crippen LogP) is 0.393. The van der Waals surface area contributed by atoms with Crippen molar-refractivity contribution in [2.45, 2.75) is 19.1 Å². The van der Waals surface area contributed by atoms with E-state index in [1.165, 1.54) is 11.3 Å². The van der Waals surface area contributed by atoms with E-state index in [2.05, 4.69) is 16.0 Å². The lowest BCUT2D eigenvalue weighted by Crippen LogP contribution is -2.56. The Balaban J connectivity index is 0.00000220. The largest absolute Gasteiger partial charge is 0.375 e. The average molecular weight is 334 g/mol. The van der Waals surface area contributed by atoms with Gasteiger partial charge in [-0.25, -0.2) is 0 Å². The van der Waals surface area contributed by atoms with Crippen LogP contribution >= 0.6 is 23.7 Å². The van der Waals surface area contributed by atoms with Crippen LogP contribution in [0.5, 0.6) is 0 Å². The lowest BCUT2D eigenvalue weighted by Gasteiger charge is -2.29. The second kappa shape index (κ2) is 8.99. The quantitative estimate of drug-likeness (QED) is 0.681. The third-order valence-electron chi connectivity index (χ3n) is 3.05. The summed E-state index contributed by atoms with van der Waals surface area (Å²) >= 11 is 1.39. The van der Waals surface area contributed by atoms with Crippen molar-refractivity contribution < 1.29 is 14.3 Å². The summed E-state index contributed by atoms with van der Waals surface area (Å²) in [6.07, 6.45) is -0.135. The van der Waals surface area contributed by atoms with Crippen molar-refractivity contribution in [2.24, 2.45) is 0 Å². The van der Waals surface area contributed by atoms with Crippen LogP contribution in [0.2, 0.25) is 0 Å². The van der Waals surface area contributed by atoms with Crippen LogP contribution in [0.25, 0.3) is 0 Å². The standard InChI is InChI=1S/C13H19N3O3S.ClH/c1-9-11(14-6-7-19-9)13(18)16-5-4-15-12(17)10-3-2-8-20-10;/h2-3,8-9,11,14H,4-7H2,1H3,(H,15,17)(H,16,18);1H/t9-,11+;/m1./s1. The third-order valence-corrected chi connectivity index (χ3v) is 3.92. The highest BCUT2D eigenvalue weighted by Gasteiger charge is 2.27. The fraction of sp³-hybridized carbons (Fsp3) is 0.538. The number of rotatable bonds is 5. The highest BCUT2D eigenvalue weighted by molar-refractivity contribution is 7.12. The molecule has 3 N–H and O–H groups in total. The topological polar surface area (TPSA) is 79.5 Å². The first-order valence-corrected chi connectivity index (χ1v) is 7.51. The Morgan fingerprint density at radius 2 is 2.19 bits per heavy atom. The monoisotopic (exact) mass is 333 g/mol. The zero-order chi connectivity index (χ0) is 14.4. The molecule has 0 unspecified atom stereocenters. The molecule has 1 fully saturated rings. The second-order valence-electron chi connectivity index (χ2n) is 4.53. The van der Waals surface area contributed by atoms with Crippen LogP contribution in [-0.4, -0.2) is 50.2 Å². The van der Waals surface area contributed by atoms with Crippen LogP contribution in [0.15, 0.2) is 17.5 Å². The Labute approximate surface area is 134 Å². The SMILES string of the molecule is C[C@H]1OCCN[C@@H]1C(=O)NCCNC(=O)c1cccs1.Cl. The number of hydrogen-bond donors (Lipinski definition) is 3. The minimum absolute atomic E-state index is 0. The van der Waals surface area contributed by atoms with Crippen molar-refractivity contribution in [3.8, 4) is 0 Å². The minimum atomic E-state index is -0.322. The van der Waals surface area contributed by atoms with Gasteiger partial charge in [-0.15, -0.1) is 23.7 Å². The molecule has 2 amide bonds. The van der Waals surface area contributed by atoms with E-state index in [9.17, 15) is 9.59 Å². The summed E-state index contributed by atoms with van der Waals surface area (Å²) < 4.78 is 5.41. The van der Waals surface area contributed by atoms with Crippen LogP contribution in [0.3, 0.4) is 0 Å². The molecule has 1 aromatic rings. The number of ether oxygens (including phenoxy) is 1. The van der Waals surface area contributed by atoms with Crippen molar-refractivity contribution in [3.63, 3.8) is 0 Å². The zero-order valence-electron chi connectivity index (χ0n) is 11.8. The van der Waals surface area contributed by atoms with Crippen molar-refractivity contribution in [3.05, 3.63) is 22.4 Å². The molecule has 2 heterocycles. The number of hydrogen-bond acceptors (Lipinski definition) is 5. The smallest absolute Gasteiger partial charge is 0.261 e. The van der Waals surface area contributed by atoms with E-state index in [0.29, 0.717) is 31.1 Å². The molecular weight excluding hydrogens is 314 g/mol. The van der Waals surface area contributed by atoms with Crippen molar-refractivity contribution in [1.82, 2.24) is 16.0 Å². The van der Waals surface area contributed by atoms with Gasteiger partial charge in [0.05, 0.1) is 17.6 Å². The summed E-state index contributed by atoms with van der Waals surface area (Å²) in [4.78, 5) is 24.2. The van der Waals surface area contributed by atoms with Gasteiger partial charge in [-0.2, -0.15) is 0 Å². The zero-order valence-corrected chi connectivity index (χ0v) is 13.4. The van der Waals surface area contributed by atoms with E-state index < -0.39 is 0 Å². The lowest BCUT2D eigenvalue weighted by atomic mass is 10.1. The van der Waals surface area contributed by atoms with Gasteiger partial charge in [-0.1, -0.05) is 6.07 Å². The fourth-order valence-corrected chi connectivity index (χ4v) is 2.63.